The summed E-state index contributed by atoms with van der Waals surface area (Å²) in [5.41, 5.74) is 1.03. The molecule has 1 atom stereocenters. The minimum Gasteiger partial charge on any atom is -0.380 e. The minimum atomic E-state index is -3.92. The van der Waals surface area contributed by atoms with Gasteiger partial charge in [-0.25, -0.2) is 17.2 Å². The van der Waals surface area contributed by atoms with E-state index < -0.39 is 21.7 Å². The molecule has 9 heteroatoms. The smallest absolute Gasteiger partial charge is 0.243 e. The van der Waals surface area contributed by atoms with E-state index in [0.29, 0.717) is 32.0 Å². The lowest BCUT2D eigenvalue weighted by atomic mass is 9.96. The van der Waals surface area contributed by atoms with E-state index in [1.165, 1.54) is 4.31 Å². The molecule has 0 bridgehead atoms. The summed E-state index contributed by atoms with van der Waals surface area (Å²) >= 11 is 0. The van der Waals surface area contributed by atoms with E-state index in [2.05, 4.69) is 5.32 Å². The van der Waals surface area contributed by atoms with Gasteiger partial charge in [0, 0.05) is 43.8 Å². The second-order valence-electron chi connectivity index (χ2n) is 8.03. The molecule has 2 aromatic rings. The summed E-state index contributed by atoms with van der Waals surface area (Å²) in [5, 5.41) is 3.44. The molecule has 4 rings (SSSR count). The Kier molecular flexibility index (Phi) is 6.24. The quantitative estimate of drug-likeness (QED) is 0.762. The summed E-state index contributed by atoms with van der Waals surface area (Å²) in [7, 11) is -3.92. The Morgan fingerprint density at radius 3 is 2.32 bits per heavy atom. The number of piperidine rings is 1. The van der Waals surface area contributed by atoms with Gasteiger partial charge in [-0.3, -0.25) is 4.79 Å². The van der Waals surface area contributed by atoms with Crippen LogP contribution in [0.1, 0.15) is 19.3 Å². The van der Waals surface area contributed by atoms with Crippen molar-refractivity contribution in [1.29, 1.82) is 0 Å². The van der Waals surface area contributed by atoms with Crippen LogP contribution in [0.2, 0.25) is 0 Å². The number of para-hydroxylation sites is 1. The number of benzene rings is 2. The summed E-state index contributed by atoms with van der Waals surface area (Å²) in [6.07, 6.45) is 1.69. The third-order valence-corrected chi connectivity index (χ3v) is 7.87. The van der Waals surface area contributed by atoms with Gasteiger partial charge in [0.2, 0.25) is 15.9 Å². The van der Waals surface area contributed by atoms with E-state index in [9.17, 15) is 22.0 Å². The van der Waals surface area contributed by atoms with Crippen LogP contribution in [0, 0.1) is 17.6 Å². The van der Waals surface area contributed by atoms with Crippen molar-refractivity contribution in [2.75, 3.05) is 31.5 Å². The number of sulfonamides is 1. The number of rotatable bonds is 5. The molecule has 0 saturated carbocycles. The molecule has 166 valence electrons. The first-order chi connectivity index (χ1) is 14.8. The number of likely N-dealkylation sites (tertiary alicyclic amines) is 1. The topological polar surface area (TPSA) is 69.7 Å². The van der Waals surface area contributed by atoms with Crippen LogP contribution in [0.25, 0.3) is 0 Å². The highest BCUT2D eigenvalue weighted by molar-refractivity contribution is 7.89. The van der Waals surface area contributed by atoms with Crippen LogP contribution in [-0.2, 0) is 14.8 Å². The lowest BCUT2D eigenvalue weighted by Gasteiger charge is -2.32. The molecule has 1 amide bonds. The fourth-order valence-corrected chi connectivity index (χ4v) is 5.72. The van der Waals surface area contributed by atoms with Crippen molar-refractivity contribution in [3.8, 4) is 0 Å². The van der Waals surface area contributed by atoms with E-state index >= 15 is 0 Å². The van der Waals surface area contributed by atoms with Gasteiger partial charge in [-0.1, -0.05) is 18.2 Å². The molecule has 2 fully saturated rings. The third kappa shape index (κ3) is 4.72. The molecule has 2 saturated heterocycles. The Balaban J connectivity index is 1.32. The number of anilines is 1. The molecule has 0 radical (unpaired) electrons. The molecule has 0 aliphatic carbocycles. The molecule has 1 N–H and O–H groups in total. The Bertz CT molecular complexity index is 1040. The van der Waals surface area contributed by atoms with E-state index in [1.54, 1.807) is 0 Å². The number of hydrogen-bond acceptors (Lipinski definition) is 4. The zero-order valence-electron chi connectivity index (χ0n) is 17.0. The SMILES string of the molecule is O=C(C1CCN(S(=O)(=O)c2ccc(F)c(F)c2)CC1)N1CCC(Nc2ccccc2)C1. The zero-order chi connectivity index (χ0) is 22.0. The minimum absolute atomic E-state index is 0.0576. The van der Waals surface area contributed by atoms with Gasteiger partial charge in [-0.2, -0.15) is 4.31 Å². The highest BCUT2D eigenvalue weighted by atomic mass is 32.2. The molecule has 2 heterocycles. The van der Waals surface area contributed by atoms with Crippen molar-refractivity contribution in [2.24, 2.45) is 5.92 Å². The predicted molar refractivity (Wildman–Crippen MR) is 113 cm³/mol. The van der Waals surface area contributed by atoms with Crippen LogP contribution in [0.5, 0.6) is 0 Å². The third-order valence-electron chi connectivity index (χ3n) is 5.98. The Hall–Kier alpha value is -2.52. The van der Waals surface area contributed by atoms with Crippen LogP contribution in [0.3, 0.4) is 0 Å². The van der Waals surface area contributed by atoms with E-state index in [1.807, 2.05) is 35.2 Å². The molecule has 2 aliphatic rings. The lowest BCUT2D eigenvalue weighted by Crippen LogP contribution is -2.44. The molecule has 0 spiro atoms. The molecule has 0 aromatic heterocycles. The normalized spacial score (nSPS) is 20.7. The number of carbonyl (C=O) groups excluding carboxylic acids is 1. The molecule has 2 aromatic carbocycles. The van der Waals surface area contributed by atoms with Gasteiger partial charge in [0.15, 0.2) is 11.6 Å². The first kappa shape index (κ1) is 21.7. The number of hydrogen-bond donors (Lipinski definition) is 1. The van der Waals surface area contributed by atoms with Gasteiger partial charge in [0.25, 0.3) is 0 Å². The first-order valence-electron chi connectivity index (χ1n) is 10.4. The maximum absolute atomic E-state index is 13.5. The Labute approximate surface area is 180 Å². The summed E-state index contributed by atoms with van der Waals surface area (Å²) in [4.78, 5) is 14.5. The number of nitrogens with one attached hydrogen (secondary N) is 1. The number of amides is 1. The van der Waals surface area contributed by atoms with Gasteiger partial charge < -0.3 is 10.2 Å². The second-order valence-corrected chi connectivity index (χ2v) is 9.97. The molecule has 1 unspecified atom stereocenters. The van der Waals surface area contributed by atoms with Crippen molar-refractivity contribution in [3.05, 3.63) is 60.2 Å². The Morgan fingerprint density at radius 2 is 1.65 bits per heavy atom. The van der Waals surface area contributed by atoms with Crippen molar-refractivity contribution in [1.82, 2.24) is 9.21 Å². The molecular formula is C22H25F2N3O3S. The molecular weight excluding hydrogens is 424 g/mol. The first-order valence-corrected chi connectivity index (χ1v) is 11.8. The van der Waals surface area contributed by atoms with Gasteiger partial charge in [0.1, 0.15) is 0 Å². The van der Waals surface area contributed by atoms with Gasteiger partial charge in [-0.15, -0.1) is 0 Å². The van der Waals surface area contributed by atoms with Crippen LogP contribution >= 0.6 is 0 Å². The van der Waals surface area contributed by atoms with Gasteiger partial charge in [0.05, 0.1) is 4.90 Å². The summed E-state index contributed by atoms with van der Waals surface area (Å²) < 4.78 is 53.3. The van der Waals surface area contributed by atoms with E-state index in [-0.39, 0.29) is 35.9 Å². The molecule has 2 aliphatic heterocycles. The average Bonchev–Trinajstić information content (AvgIpc) is 3.24. The number of halogens is 2. The Morgan fingerprint density at radius 1 is 0.935 bits per heavy atom. The van der Waals surface area contributed by atoms with Crippen LogP contribution in [0.4, 0.5) is 14.5 Å². The summed E-state index contributed by atoms with van der Waals surface area (Å²) in [6, 6.07) is 12.6. The van der Waals surface area contributed by atoms with Crippen LogP contribution < -0.4 is 5.32 Å². The van der Waals surface area contributed by atoms with Crippen molar-refractivity contribution in [2.45, 2.75) is 30.2 Å². The van der Waals surface area contributed by atoms with Gasteiger partial charge >= 0.3 is 0 Å². The monoisotopic (exact) mass is 449 g/mol. The van der Waals surface area contributed by atoms with Crippen molar-refractivity contribution < 1.29 is 22.0 Å². The fourth-order valence-electron chi connectivity index (χ4n) is 4.24. The second kappa shape index (κ2) is 8.92. The fraction of sp³-hybridized carbons (Fsp3) is 0.409. The molecule has 31 heavy (non-hydrogen) atoms. The highest BCUT2D eigenvalue weighted by Gasteiger charge is 2.36. The van der Waals surface area contributed by atoms with Crippen molar-refractivity contribution in [3.63, 3.8) is 0 Å². The van der Waals surface area contributed by atoms with E-state index in [4.69, 9.17) is 0 Å². The van der Waals surface area contributed by atoms with Crippen molar-refractivity contribution >= 4 is 21.6 Å². The van der Waals surface area contributed by atoms with Crippen LogP contribution in [0.15, 0.2) is 53.4 Å². The summed E-state index contributed by atoms with van der Waals surface area (Å²) in [5.74, 6) is -2.46. The van der Waals surface area contributed by atoms with Gasteiger partial charge in [-0.05, 0) is 49.6 Å². The maximum Gasteiger partial charge on any atom is 0.243 e. The highest BCUT2D eigenvalue weighted by Crippen LogP contribution is 2.27. The van der Waals surface area contributed by atoms with E-state index in [0.717, 1.165) is 24.2 Å². The summed E-state index contributed by atoms with van der Waals surface area (Å²) in [6.45, 7) is 1.66. The van der Waals surface area contributed by atoms with Crippen LogP contribution in [-0.4, -0.2) is 55.8 Å². The maximum atomic E-state index is 13.5. The largest absolute Gasteiger partial charge is 0.380 e. The number of carbonyl (C=O) groups is 1. The predicted octanol–water partition coefficient (Wildman–Crippen LogP) is 3.08. The average molecular weight is 450 g/mol. The number of nitrogens with zero attached hydrogens (tertiary/aromatic N) is 2. The molecule has 6 nitrogen and oxygen atoms in total. The standard InChI is InChI=1S/C22H25F2N3O3S/c23-20-7-6-19(14-21(20)24)31(29,30)27-12-8-16(9-13-27)22(28)26-11-10-18(15-26)25-17-4-2-1-3-5-17/h1-7,14,16,18,25H,8-13,15H2. The zero-order valence-corrected chi connectivity index (χ0v) is 17.8. The lowest BCUT2D eigenvalue weighted by molar-refractivity contribution is -0.135.